The lowest BCUT2D eigenvalue weighted by molar-refractivity contribution is 0.785. The van der Waals surface area contributed by atoms with Crippen molar-refractivity contribution in [1.29, 1.82) is 0 Å². The van der Waals surface area contributed by atoms with Crippen molar-refractivity contribution in [3.63, 3.8) is 0 Å². The molecule has 0 atom stereocenters. The molecule has 0 aliphatic carbocycles. The molecule has 0 saturated carbocycles. The Morgan fingerprint density at radius 2 is 2.00 bits per heavy atom. The van der Waals surface area contributed by atoms with Gasteiger partial charge in [-0.2, -0.15) is 0 Å². The predicted octanol–water partition coefficient (Wildman–Crippen LogP) is 3.60. The Bertz CT molecular complexity index is 166. The molecule has 1 nitrogen and oxygen atoms in total. The number of unbranched alkanes of at least 4 members (excludes halogenated alkanes) is 1. The van der Waals surface area contributed by atoms with E-state index in [4.69, 9.17) is 0 Å². The summed E-state index contributed by atoms with van der Waals surface area (Å²) in [6, 6.07) is 0. The number of rotatable bonds is 5. The third kappa shape index (κ3) is 6.14. The Labute approximate surface area is 76.6 Å². The van der Waals surface area contributed by atoms with Crippen molar-refractivity contribution in [2.45, 2.75) is 46.5 Å². The zero-order valence-electron chi connectivity index (χ0n) is 8.85. The maximum Gasteiger partial charge on any atom is 0.0276 e. The van der Waals surface area contributed by atoms with Gasteiger partial charge >= 0.3 is 0 Å². The van der Waals surface area contributed by atoms with Crippen molar-refractivity contribution in [3.05, 3.63) is 11.6 Å². The highest BCUT2D eigenvalue weighted by molar-refractivity contribution is 5.83. The molecular formula is C11H21N. The van der Waals surface area contributed by atoms with Gasteiger partial charge in [0.15, 0.2) is 0 Å². The van der Waals surface area contributed by atoms with Gasteiger partial charge in [0, 0.05) is 19.2 Å². The molecule has 0 heterocycles. The predicted molar refractivity (Wildman–Crippen MR) is 56.9 cm³/mol. The lowest BCUT2D eigenvalue weighted by Crippen LogP contribution is -1.88. The van der Waals surface area contributed by atoms with E-state index in [1.165, 1.54) is 30.5 Å². The van der Waals surface area contributed by atoms with Crippen molar-refractivity contribution in [2.24, 2.45) is 4.99 Å². The van der Waals surface area contributed by atoms with Crippen LogP contribution in [-0.4, -0.2) is 12.8 Å². The second-order valence-electron chi connectivity index (χ2n) is 3.32. The fraction of sp³-hybridized carbons (Fsp3) is 0.727. The van der Waals surface area contributed by atoms with E-state index in [9.17, 15) is 0 Å². The third-order valence-corrected chi connectivity index (χ3v) is 2.05. The van der Waals surface area contributed by atoms with E-state index >= 15 is 0 Å². The molecule has 0 aromatic heterocycles. The Morgan fingerprint density at radius 1 is 1.33 bits per heavy atom. The number of allylic oxidation sites excluding steroid dienone is 2. The van der Waals surface area contributed by atoms with Gasteiger partial charge in [0.25, 0.3) is 0 Å². The quantitative estimate of drug-likeness (QED) is 0.438. The summed E-state index contributed by atoms with van der Waals surface area (Å²) in [6.45, 7) is 6.51. The van der Waals surface area contributed by atoms with Gasteiger partial charge < -0.3 is 0 Å². The largest absolute Gasteiger partial charge is 0.297 e. The molecule has 0 N–H and O–H groups in total. The van der Waals surface area contributed by atoms with Crippen LogP contribution in [0, 0.1) is 0 Å². The molecule has 0 fully saturated rings. The van der Waals surface area contributed by atoms with Crippen LogP contribution in [-0.2, 0) is 0 Å². The first-order valence-corrected chi connectivity index (χ1v) is 4.78. The molecular weight excluding hydrogens is 146 g/mol. The maximum atomic E-state index is 4.11. The number of nitrogens with zero attached hydrogens (tertiary/aromatic N) is 1. The van der Waals surface area contributed by atoms with Gasteiger partial charge in [-0.05, 0) is 26.7 Å². The molecule has 0 bridgehead atoms. The Morgan fingerprint density at radius 3 is 2.50 bits per heavy atom. The van der Waals surface area contributed by atoms with Gasteiger partial charge in [-0.3, -0.25) is 4.99 Å². The highest BCUT2D eigenvalue weighted by Gasteiger charge is 1.90. The monoisotopic (exact) mass is 167 g/mol. The van der Waals surface area contributed by atoms with Crippen LogP contribution in [0.2, 0.25) is 0 Å². The lowest BCUT2D eigenvalue weighted by Gasteiger charge is -1.99. The maximum absolute atomic E-state index is 4.11. The van der Waals surface area contributed by atoms with E-state index < -0.39 is 0 Å². The van der Waals surface area contributed by atoms with E-state index in [0.29, 0.717) is 0 Å². The Balaban J connectivity index is 3.68. The standard InChI is InChI=1S/C11H21N/c1-5-6-7-10(2)8-9-11(3)12-4/h8H,5-7,9H2,1-4H3/b10-8-,12-11?. The molecule has 0 aromatic rings. The molecule has 1 heteroatoms. The second kappa shape index (κ2) is 7.08. The molecule has 0 rings (SSSR count). The van der Waals surface area contributed by atoms with Gasteiger partial charge in [-0.15, -0.1) is 0 Å². The minimum absolute atomic E-state index is 1.02. The molecule has 0 aliphatic heterocycles. The molecule has 0 aromatic carbocycles. The Hall–Kier alpha value is -0.590. The van der Waals surface area contributed by atoms with Crippen molar-refractivity contribution in [1.82, 2.24) is 0 Å². The van der Waals surface area contributed by atoms with Gasteiger partial charge in [-0.1, -0.05) is 25.0 Å². The van der Waals surface area contributed by atoms with E-state index in [1.807, 2.05) is 7.05 Å². The summed E-state index contributed by atoms with van der Waals surface area (Å²) in [4.78, 5) is 4.11. The van der Waals surface area contributed by atoms with Gasteiger partial charge in [0.1, 0.15) is 0 Å². The van der Waals surface area contributed by atoms with Gasteiger partial charge in [0.05, 0.1) is 0 Å². The molecule has 0 saturated heterocycles. The van der Waals surface area contributed by atoms with Crippen molar-refractivity contribution < 1.29 is 0 Å². The topological polar surface area (TPSA) is 12.4 Å². The molecule has 0 unspecified atom stereocenters. The van der Waals surface area contributed by atoms with E-state index in [-0.39, 0.29) is 0 Å². The van der Waals surface area contributed by atoms with Crippen LogP contribution in [0.4, 0.5) is 0 Å². The molecule has 0 spiro atoms. The van der Waals surface area contributed by atoms with E-state index in [1.54, 1.807) is 0 Å². The summed E-state index contributed by atoms with van der Waals surface area (Å²) < 4.78 is 0. The highest BCUT2D eigenvalue weighted by atomic mass is 14.7. The van der Waals surface area contributed by atoms with Crippen molar-refractivity contribution >= 4 is 5.71 Å². The summed E-state index contributed by atoms with van der Waals surface area (Å²) in [5, 5.41) is 0. The summed E-state index contributed by atoms with van der Waals surface area (Å²) in [5.74, 6) is 0. The first-order chi connectivity index (χ1) is 5.70. The zero-order chi connectivity index (χ0) is 9.40. The van der Waals surface area contributed by atoms with Crippen LogP contribution in [0.1, 0.15) is 46.5 Å². The summed E-state index contributed by atoms with van der Waals surface area (Å²) in [5.41, 5.74) is 2.71. The van der Waals surface area contributed by atoms with Crippen LogP contribution in [0.25, 0.3) is 0 Å². The summed E-state index contributed by atoms with van der Waals surface area (Å²) >= 11 is 0. The van der Waals surface area contributed by atoms with E-state index in [2.05, 4.69) is 31.8 Å². The highest BCUT2D eigenvalue weighted by Crippen LogP contribution is 2.07. The average Bonchev–Trinajstić information content (AvgIpc) is 2.10. The van der Waals surface area contributed by atoms with Crippen LogP contribution >= 0.6 is 0 Å². The van der Waals surface area contributed by atoms with Crippen LogP contribution in [0.3, 0.4) is 0 Å². The first kappa shape index (κ1) is 11.4. The van der Waals surface area contributed by atoms with Crippen molar-refractivity contribution in [3.8, 4) is 0 Å². The fourth-order valence-electron chi connectivity index (χ4n) is 0.971. The fourth-order valence-corrected chi connectivity index (χ4v) is 0.971. The minimum Gasteiger partial charge on any atom is -0.297 e. The Kier molecular flexibility index (Phi) is 6.73. The van der Waals surface area contributed by atoms with Crippen LogP contribution in [0.5, 0.6) is 0 Å². The third-order valence-electron chi connectivity index (χ3n) is 2.05. The lowest BCUT2D eigenvalue weighted by atomic mass is 10.1. The number of hydrogen-bond acceptors (Lipinski definition) is 1. The smallest absolute Gasteiger partial charge is 0.0276 e. The SMILES string of the molecule is CCCC/C(C)=C\CC(C)=NC. The van der Waals surface area contributed by atoms with Crippen molar-refractivity contribution in [2.75, 3.05) is 7.05 Å². The summed E-state index contributed by atoms with van der Waals surface area (Å²) in [7, 11) is 1.85. The van der Waals surface area contributed by atoms with E-state index in [0.717, 1.165) is 6.42 Å². The van der Waals surface area contributed by atoms with Crippen LogP contribution < -0.4 is 0 Å². The summed E-state index contributed by atoms with van der Waals surface area (Å²) in [6.07, 6.45) is 7.15. The van der Waals surface area contributed by atoms with Gasteiger partial charge in [0.2, 0.25) is 0 Å². The number of hydrogen-bond donors (Lipinski definition) is 0. The average molecular weight is 167 g/mol. The minimum atomic E-state index is 1.02. The zero-order valence-corrected chi connectivity index (χ0v) is 8.85. The molecule has 0 radical (unpaired) electrons. The normalized spacial score (nSPS) is 13.7. The molecule has 0 amide bonds. The molecule has 0 aliphatic rings. The molecule has 70 valence electrons. The van der Waals surface area contributed by atoms with Gasteiger partial charge in [-0.25, -0.2) is 0 Å². The second-order valence-corrected chi connectivity index (χ2v) is 3.32. The number of aliphatic imine (C=N–C) groups is 1. The molecule has 12 heavy (non-hydrogen) atoms. The van der Waals surface area contributed by atoms with Crippen LogP contribution in [0.15, 0.2) is 16.6 Å². The first-order valence-electron chi connectivity index (χ1n) is 4.78.